The zero-order valence-electron chi connectivity index (χ0n) is 9.02. The number of fused-ring (bicyclic) bond motifs is 1. The highest BCUT2D eigenvalue weighted by molar-refractivity contribution is 7.22. The highest BCUT2D eigenvalue weighted by Crippen LogP contribution is 2.30. The van der Waals surface area contributed by atoms with Gasteiger partial charge in [-0.2, -0.15) is 0 Å². The fraction of sp³-hybridized carbons (Fsp3) is 0. The van der Waals surface area contributed by atoms with Crippen molar-refractivity contribution in [3.05, 3.63) is 47.5 Å². The zero-order valence-corrected chi connectivity index (χ0v) is 10.6. The average Bonchev–Trinajstić information content (AvgIpc) is 2.70. The number of hydrogen-bond acceptors (Lipinski definition) is 4. The van der Waals surface area contributed by atoms with E-state index in [0.29, 0.717) is 15.8 Å². The van der Waals surface area contributed by atoms with Crippen molar-refractivity contribution in [3.8, 4) is 0 Å². The summed E-state index contributed by atoms with van der Waals surface area (Å²) in [7, 11) is 0. The van der Waals surface area contributed by atoms with E-state index in [1.54, 1.807) is 12.3 Å². The summed E-state index contributed by atoms with van der Waals surface area (Å²) in [6.45, 7) is 0. The molecule has 0 spiro atoms. The van der Waals surface area contributed by atoms with Gasteiger partial charge in [0.05, 0.1) is 28.3 Å². The van der Waals surface area contributed by atoms with Crippen molar-refractivity contribution in [3.63, 3.8) is 0 Å². The molecule has 0 fully saturated rings. The van der Waals surface area contributed by atoms with Crippen molar-refractivity contribution < 1.29 is 4.39 Å². The first-order valence-electron chi connectivity index (χ1n) is 5.14. The van der Waals surface area contributed by atoms with Crippen molar-refractivity contribution in [1.82, 2.24) is 9.97 Å². The number of rotatable bonds is 2. The minimum Gasteiger partial charge on any atom is -0.330 e. The van der Waals surface area contributed by atoms with E-state index in [1.807, 2.05) is 12.1 Å². The maximum atomic E-state index is 13.0. The molecule has 0 radical (unpaired) electrons. The third-order valence-corrected chi connectivity index (χ3v) is 3.48. The average molecular weight is 280 g/mol. The Morgan fingerprint density at radius 3 is 2.94 bits per heavy atom. The van der Waals surface area contributed by atoms with Gasteiger partial charge in [-0.15, -0.1) is 0 Å². The van der Waals surface area contributed by atoms with Crippen LogP contribution in [0.15, 0.2) is 36.7 Å². The Morgan fingerprint density at radius 1 is 1.22 bits per heavy atom. The van der Waals surface area contributed by atoms with Crippen molar-refractivity contribution in [2.24, 2.45) is 0 Å². The summed E-state index contributed by atoms with van der Waals surface area (Å²) in [5, 5.41) is 4.37. The lowest BCUT2D eigenvalue weighted by molar-refractivity contribution is 0.622. The Morgan fingerprint density at radius 2 is 2.11 bits per heavy atom. The lowest BCUT2D eigenvalue weighted by Crippen LogP contribution is -1.90. The van der Waals surface area contributed by atoms with Crippen LogP contribution in [0.4, 0.5) is 15.2 Å². The SMILES string of the molecule is Fc1cncc(Nc2nc3ccc(Cl)cc3s2)c1. The molecule has 3 nitrogen and oxygen atoms in total. The summed E-state index contributed by atoms with van der Waals surface area (Å²) in [5.74, 6) is -0.385. The summed E-state index contributed by atoms with van der Waals surface area (Å²) in [4.78, 5) is 8.14. The van der Waals surface area contributed by atoms with Gasteiger partial charge in [0.15, 0.2) is 5.13 Å². The molecule has 2 aromatic heterocycles. The molecule has 2 heterocycles. The normalized spacial score (nSPS) is 10.8. The number of benzene rings is 1. The van der Waals surface area contributed by atoms with E-state index in [2.05, 4.69) is 15.3 Å². The van der Waals surface area contributed by atoms with E-state index >= 15 is 0 Å². The van der Waals surface area contributed by atoms with Crippen LogP contribution < -0.4 is 5.32 Å². The molecule has 0 aliphatic rings. The summed E-state index contributed by atoms with van der Waals surface area (Å²) in [6.07, 6.45) is 2.70. The standard InChI is InChI=1S/C12H7ClFN3S/c13-7-1-2-10-11(3-7)18-12(17-10)16-9-4-8(14)5-15-6-9/h1-6H,(H,16,17). The van der Waals surface area contributed by atoms with Crippen molar-refractivity contribution in [1.29, 1.82) is 0 Å². The van der Waals surface area contributed by atoms with Gasteiger partial charge >= 0.3 is 0 Å². The third kappa shape index (κ3) is 2.27. The van der Waals surface area contributed by atoms with Crippen molar-refractivity contribution in [2.45, 2.75) is 0 Å². The zero-order chi connectivity index (χ0) is 12.5. The molecule has 0 amide bonds. The number of nitrogens with zero attached hydrogens (tertiary/aromatic N) is 2. The Bertz CT molecular complexity index is 713. The Hall–Kier alpha value is -1.72. The van der Waals surface area contributed by atoms with Crippen LogP contribution in [0, 0.1) is 5.82 Å². The molecule has 0 atom stereocenters. The van der Waals surface area contributed by atoms with E-state index in [1.165, 1.54) is 17.4 Å². The van der Waals surface area contributed by atoms with Gasteiger partial charge in [0, 0.05) is 11.1 Å². The molecule has 0 aliphatic carbocycles. The van der Waals surface area contributed by atoms with Gasteiger partial charge in [0.2, 0.25) is 0 Å². The Labute approximate surface area is 111 Å². The van der Waals surface area contributed by atoms with Crippen LogP contribution in [0.3, 0.4) is 0 Å². The minimum absolute atomic E-state index is 0.385. The fourth-order valence-corrected chi connectivity index (χ4v) is 2.72. The smallest absolute Gasteiger partial charge is 0.188 e. The number of aromatic nitrogens is 2. The third-order valence-electron chi connectivity index (χ3n) is 2.31. The molecule has 0 saturated carbocycles. The first-order valence-corrected chi connectivity index (χ1v) is 6.34. The van der Waals surface area contributed by atoms with E-state index < -0.39 is 0 Å². The molecule has 1 N–H and O–H groups in total. The summed E-state index contributed by atoms with van der Waals surface area (Å²) in [6, 6.07) is 6.86. The lowest BCUT2D eigenvalue weighted by Gasteiger charge is -2.00. The van der Waals surface area contributed by atoms with Crippen LogP contribution in [0.2, 0.25) is 5.02 Å². The quantitative estimate of drug-likeness (QED) is 0.763. The number of anilines is 2. The summed E-state index contributed by atoms with van der Waals surface area (Å²) < 4.78 is 14.0. The second-order valence-electron chi connectivity index (χ2n) is 3.65. The van der Waals surface area contributed by atoms with Gasteiger partial charge in [-0.05, 0) is 18.2 Å². The van der Waals surface area contributed by atoms with Gasteiger partial charge in [-0.3, -0.25) is 4.98 Å². The monoisotopic (exact) mass is 279 g/mol. The highest BCUT2D eigenvalue weighted by Gasteiger charge is 2.05. The fourth-order valence-electron chi connectivity index (χ4n) is 1.56. The van der Waals surface area contributed by atoms with Gasteiger partial charge in [-0.25, -0.2) is 9.37 Å². The van der Waals surface area contributed by atoms with E-state index in [9.17, 15) is 4.39 Å². The first kappa shape index (κ1) is 11.4. The molecule has 1 aromatic carbocycles. The van der Waals surface area contributed by atoms with E-state index in [4.69, 9.17) is 11.6 Å². The van der Waals surface area contributed by atoms with Crippen LogP contribution in [-0.2, 0) is 0 Å². The Kier molecular flexibility index (Phi) is 2.85. The van der Waals surface area contributed by atoms with Crippen molar-refractivity contribution in [2.75, 3.05) is 5.32 Å². The Balaban J connectivity index is 1.95. The molecule has 18 heavy (non-hydrogen) atoms. The molecule has 6 heteroatoms. The first-order chi connectivity index (χ1) is 8.70. The summed E-state index contributed by atoms with van der Waals surface area (Å²) in [5.41, 5.74) is 1.43. The lowest BCUT2D eigenvalue weighted by atomic mass is 10.3. The van der Waals surface area contributed by atoms with Crippen molar-refractivity contribution >= 4 is 44.0 Å². The predicted octanol–water partition coefficient (Wildman–Crippen LogP) is 4.23. The predicted molar refractivity (Wildman–Crippen MR) is 72.1 cm³/mol. The molecular weight excluding hydrogens is 273 g/mol. The molecular formula is C12H7ClFN3S. The number of halogens is 2. The molecule has 0 unspecified atom stereocenters. The molecule has 3 rings (SSSR count). The number of nitrogens with one attached hydrogen (secondary N) is 1. The largest absolute Gasteiger partial charge is 0.330 e. The van der Waals surface area contributed by atoms with Crippen LogP contribution in [-0.4, -0.2) is 9.97 Å². The topological polar surface area (TPSA) is 37.8 Å². The highest BCUT2D eigenvalue weighted by atomic mass is 35.5. The minimum atomic E-state index is -0.385. The van der Waals surface area contributed by atoms with Gasteiger partial charge in [-0.1, -0.05) is 22.9 Å². The second kappa shape index (κ2) is 4.51. The molecule has 0 saturated heterocycles. The van der Waals surface area contributed by atoms with E-state index in [-0.39, 0.29) is 5.82 Å². The molecule has 3 aromatic rings. The molecule has 90 valence electrons. The number of thiazole rings is 1. The van der Waals surface area contributed by atoms with Crippen LogP contribution >= 0.6 is 22.9 Å². The van der Waals surface area contributed by atoms with Crippen LogP contribution in [0.25, 0.3) is 10.2 Å². The maximum Gasteiger partial charge on any atom is 0.188 e. The molecule has 0 aliphatic heterocycles. The van der Waals surface area contributed by atoms with Gasteiger partial charge < -0.3 is 5.32 Å². The number of hydrogen-bond donors (Lipinski definition) is 1. The van der Waals surface area contributed by atoms with Crippen LogP contribution in [0.1, 0.15) is 0 Å². The van der Waals surface area contributed by atoms with E-state index in [0.717, 1.165) is 16.4 Å². The maximum absolute atomic E-state index is 13.0. The van der Waals surface area contributed by atoms with Gasteiger partial charge in [0.25, 0.3) is 0 Å². The van der Waals surface area contributed by atoms with Crippen LogP contribution in [0.5, 0.6) is 0 Å². The summed E-state index contributed by atoms with van der Waals surface area (Å²) >= 11 is 7.36. The molecule has 0 bridgehead atoms. The van der Waals surface area contributed by atoms with Gasteiger partial charge in [0.1, 0.15) is 5.82 Å². The number of pyridine rings is 1. The second-order valence-corrected chi connectivity index (χ2v) is 5.11.